The van der Waals surface area contributed by atoms with Gasteiger partial charge in [0.2, 0.25) is 0 Å². The lowest BCUT2D eigenvalue weighted by molar-refractivity contribution is -0.537. The van der Waals surface area contributed by atoms with Crippen molar-refractivity contribution in [3.8, 4) is 0 Å². The molecule has 1 aliphatic carbocycles. The third-order valence-electron chi connectivity index (χ3n) is 3.43. The number of nitro groups is 1. The lowest BCUT2D eigenvalue weighted by Crippen LogP contribution is -2.42. The van der Waals surface area contributed by atoms with E-state index in [1.165, 1.54) is 5.56 Å². The van der Waals surface area contributed by atoms with E-state index < -0.39 is 5.66 Å². The summed E-state index contributed by atoms with van der Waals surface area (Å²) in [6, 6.07) is 8.00. The van der Waals surface area contributed by atoms with Gasteiger partial charge >= 0.3 is 0 Å². The Morgan fingerprint density at radius 3 is 2.73 bits per heavy atom. The van der Waals surface area contributed by atoms with Crippen LogP contribution in [0.4, 0.5) is 5.69 Å². The SMILES string of the molecule is O=[N+]([O-])C1(N2CCc3ccccc32)CC1. The lowest BCUT2D eigenvalue weighted by Gasteiger charge is -2.23. The summed E-state index contributed by atoms with van der Waals surface area (Å²) in [5.41, 5.74) is 1.53. The van der Waals surface area contributed by atoms with Gasteiger partial charge in [-0.25, -0.2) is 0 Å². The number of benzene rings is 1. The Morgan fingerprint density at radius 2 is 2.07 bits per heavy atom. The highest BCUT2D eigenvalue weighted by atomic mass is 16.6. The second-order valence-corrected chi connectivity index (χ2v) is 4.27. The molecule has 1 heterocycles. The van der Waals surface area contributed by atoms with E-state index in [0.29, 0.717) is 12.8 Å². The maximum atomic E-state index is 11.0. The normalized spacial score (nSPS) is 21.2. The van der Waals surface area contributed by atoms with Crippen LogP contribution in [0.2, 0.25) is 0 Å². The summed E-state index contributed by atoms with van der Waals surface area (Å²) in [5.74, 6) is 0. The highest BCUT2D eigenvalue weighted by molar-refractivity contribution is 5.60. The van der Waals surface area contributed by atoms with E-state index in [-0.39, 0.29) is 4.92 Å². The summed E-state index contributed by atoms with van der Waals surface area (Å²) in [6.07, 6.45) is 2.31. The Balaban J connectivity index is 2.01. The molecule has 4 nitrogen and oxygen atoms in total. The third-order valence-corrected chi connectivity index (χ3v) is 3.43. The predicted octanol–water partition coefficient (Wildman–Crippen LogP) is 1.82. The summed E-state index contributed by atoms with van der Waals surface area (Å²) in [4.78, 5) is 12.9. The molecule has 1 fully saturated rings. The van der Waals surface area contributed by atoms with Crippen LogP contribution in [0.3, 0.4) is 0 Å². The molecule has 0 atom stereocenters. The molecule has 0 bridgehead atoms. The van der Waals surface area contributed by atoms with E-state index in [4.69, 9.17) is 0 Å². The van der Waals surface area contributed by atoms with Gasteiger partial charge in [0, 0.05) is 30.0 Å². The second-order valence-electron chi connectivity index (χ2n) is 4.27. The largest absolute Gasteiger partial charge is 0.307 e. The van der Waals surface area contributed by atoms with Gasteiger partial charge in [0.15, 0.2) is 0 Å². The van der Waals surface area contributed by atoms with Crippen molar-refractivity contribution in [1.29, 1.82) is 0 Å². The number of fused-ring (bicyclic) bond motifs is 1. The molecule has 0 aromatic heterocycles. The maximum Gasteiger partial charge on any atom is 0.296 e. The fourth-order valence-electron chi connectivity index (χ4n) is 2.43. The summed E-state index contributed by atoms with van der Waals surface area (Å²) < 4.78 is 0. The molecule has 1 aromatic carbocycles. The maximum absolute atomic E-state index is 11.0. The summed E-state index contributed by atoms with van der Waals surface area (Å²) in [6.45, 7) is 0.792. The molecule has 3 rings (SSSR count). The molecule has 15 heavy (non-hydrogen) atoms. The van der Waals surface area contributed by atoms with Crippen LogP contribution in [0, 0.1) is 10.1 Å². The summed E-state index contributed by atoms with van der Waals surface area (Å²) in [7, 11) is 0. The van der Waals surface area contributed by atoms with Crippen molar-refractivity contribution in [2.75, 3.05) is 11.4 Å². The molecular weight excluding hydrogens is 192 g/mol. The molecule has 1 aromatic rings. The van der Waals surface area contributed by atoms with E-state index in [1.807, 2.05) is 23.1 Å². The van der Waals surface area contributed by atoms with Crippen LogP contribution >= 0.6 is 0 Å². The minimum Gasteiger partial charge on any atom is -0.307 e. The number of hydrogen-bond donors (Lipinski definition) is 0. The zero-order valence-electron chi connectivity index (χ0n) is 8.35. The first kappa shape index (κ1) is 8.71. The number of rotatable bonds is 2. The molecule has 0 N–H and O–H groups in total. The molecule has 1 saturated carbocycles. The number of para-hydroxylation sites is 1. The van der Waals surface area contributed by atoms with Gasteiger partial charge in [-0.3, -0.25) is 10.1 Å². The van der Waals surface area contributed by atoms with Crippen molar-refractivity contribution in [2.24, 2.45) is 0 Å². The average molecular weight is 204 g/mol. The van der Waals surface area contributed by atoms with Crippen molar-refractivity contribution < 1.29 is 4.92 Å². The number of nitrogens with zero attached hydrogens (tertiary/aromatic N) is 2. The molecule has 4 heteroatoms. The summed E-state index contributed by atoms with van der Waals surface area (Å²) >= 11 is 0. The minimum atomic E-state index is -0.771. The number of hydrogen-bond acceptors (Lipinski definition) is 3. The minimum absolute atomic E-state index is 0.116. The Kier molecular flexibility index (Phi) is 1.58. The molecule has 0 saturated heterocycles. The fourth-order valence-corrected chi connectivity index (χ4v) is 2.43. The first-order valence-corrected chi connectivity index (χ1v) is 5.24. The smallest absolute Gasteiger partial charge is 0.296 e. The first-order valence-electron chi connectivity index (χ1n) is 5.24. The number of anilines is 1. The summed E-state index contributed by atoms with van der Waals surface area (Å²) in [5, 5.41) is 11.0. The second kappa shape index (κ2) is 2.72. The van der Waals surface area contributed by atoms with E-state index in [0.717, 1.165) is 18.7 Å². The Morgan fingerprint density at radius 1 is 1.33 bits per heavy atom. The molecule has 0 radical (unpaired) electrons. The van der Waals surface area contributed by atoms with Gasteiger partial charge in [0.1, 0.15) is 0 Å². The molecule has 78 valence electrons. The molecule has 2 aliphatic rings. The first-order chi connectivity index (χ1) is 7.24. The van der Waals surface area contributed by atoms with Crippen molar-refractivity contribution in [3.05, 3.63) is 39.9 Å². The van der Waals surface area contributed by atoms with Crippen LogP contribution in [0.25, 0.3) is 0 Å². The molecule has 0 amide bonds. The topological polar surface area (TPSA) is 46.4 Å². The Bertz CT molecular complexity index is 426. The van der Waals surface area contributed by atoms with Crippen LogP contribution in [0.15, 0.2) is 24.3 Å². The van der Waals surface area contributed by atoms with Crippen molar-refractivity contribution >= 4 is 5.69 Å². The highest BCUT2D eigenvalue weighted by Gasteiger charge is 2.61. The predicted molar refractivity (Wildman–Crippen MR) is 56.5 cm³/mol. The van der Waals surface area contributed by atoms with Gasteiger partial charge in [-0.05, 0) is 18.1 Å². The van der Waals surface area contributed by atoms with Crippen LogP contribution in [-0.4, -0.2) is 17.1 Å². The monoisotopic (exact) mass is 204 g/mol. The van der Waals surface area contributed by atoms with Crippen molar-refractivity contribution in [2.45, 2.75) is 24.9 Å². The van der Waals surface area contributed by atoms with Gasteiger partial charge in [0.25, 0.3) is 5.66 Å². The zero-order valence-corrected chi connectivity index (χ0v) is 8.35. The van der Waals surface area contributed by atoms with Gasteiger partial charge in [0.05, 0.1) is 0 Å². The fraction of sp³-hybridized carbons (Fsp3) is 0.455. The van der Waals surface area contributed by atoms with Gasteiger partial charge in [-0.15, -0.1) is 0 Å². The molecular formula is C11H12N2O2. The van der Waals surface area contributed by atoms with Crippen LogP contribution < -0.4 is 4.90 Å². The van der Waals surface area contributed by atoms with Gasteiger partial charge in [-0.1, -0.05) is 18.2 Å². The average Bonchev–Trinajstić information content (AvgIpc) is 2.93. The third kappa shape index (κ3) is 1.07. The van der Waals surface area contributed by atoms with E-state index in [1.54, 1.807) is 0 Å². The van der Waals surface area contributed by atoms with Crippen LogP contribution in [0.5, 0.6) is 0 Å². The van der Waals surface area contributed by atoms with E-state index >= 15 is 0 Å². The van der Waals surface area contributed by atoms with Gasteiger partial charge in [-0.2, -0.15) is 0 Å². The zero-order chi connectivity index (χ0) is 10.5. The Hall–Kier alpha value is -1.58. The van der Waals surface area contributed by atoms with Crippen molar-refractivity contribution in [1.82, 2.24) is 0 Å². The highest BCUT2D eigenvalue weighted by Crippen LogP contribution is 2.47. The van der Waals surface area contributed by atoms with E-state index in [9.17, 15) is 10.1 Å². The molecule has 0 spiro atoms. The van der Waals surface area contributed by atoms with Crippen molar-refractivity contribution in [3.63, 3.8) is 0 Å². The van der Waals surface area contributed by atoms with Crippen LogP contribution in [-0.2, 0) is 6.42 Å². The molecule has 1 aliphatic heterocycles. The quantitative estimate of drug-likeness (QED) is 0.545. The lowest BCUT2D eigenvalue weighted by atomic mass is 10.2. The van der Waals surface area contributed by atoms with Gasteiger partial charge < -0.3 is 4.90 Å². The Labute approximate surface area is 87.7 Å². The van der Waals surface area contributed by atoms with E-state index in [2.05, 4.69) is 6.07 Å². The molecule has 0 unspecified atom stereocenters. The standard InChI is InChI=1S/C11H12N2O2/c14-13(15)11(6-7-11)12-8-5-9-3-1-2-4-10(9)12/h1-4H,5-8H2. The van der Waals surface area contributed by atoms with Crippen LogP contribution in [0.1, 0.15) is 18.4 Å².